The van der Waals surface area contributed by atoms with Gasteiger partial charge < -0.3 is 4.74 Å². The van der Waals surface area contributed by atoms with Crippen LogP contribution in [-0.4, -0.2) is 33.6 Å². The summed E-state index contributed by atoms with van der Waals surface area (Å²) in [5.74, 6) is -0.836. The van der Waals surface area contributed by atoms with Gasteiger partial charge in [0.15, 0.2) is 5.69 Å². The van der Waals surface area contributed by atoms with Crippen LogP contribution in [0.25, 0.3) is 0 Å². The number of nitrogens with one attached hydrogen (secondary N) is 1. The number of aromatic amines is 1. The summed E-state index contributed by atoms with van der Waals surface area (Å²) in [5.41, 5.74) is 2.63. The minimum Gasteiger partial charge on any atom is -0.462 e. The summed E-state index contributed by atoms with van der Waals surface area (Å²) in [5, 5.41) is 18.6. The van der Waals surface area contributed by atoms with Crippen molar-refractivity contribution in [2.24, 2.45) is 0 Å². The fourth-order valence-corrected chi connectivity index (χ4v) is 3.71. The van der Waals surface area contributed by atoms with Crippen molar-refractivity contribution in [3.8, 4) is 0 Å². The number of nitrogens with zero attached hydrogens (tertiary/aromatic N) is 3. The van der Waals surface area contributed by atoms with Crippen molar-refractivity contribution >= 4 is 23.3 Å². The standard InChI is InChI=1S/C21H18N4O5/c1-3-30-21(27)13-8-10-14(11-9-13)24-19(15-6-4-5-7-16(15)25(28)29)17-12(2)22-23-18(17)20(24)26/h4-11,19H,3H2,1-2H3,(H,22,23)/t19-/m0/s1. The lowest BCUT2D eigenvalue weighted by Gasteiger charge is -2.26. The van der Waals surface area contributed by atoms with Crippen molar-refractivity contribution in [2.45, 2.75) is 19.9 Å². The van der Waals surface area contributed by atoms with Crippen LogP contribution in [0.5, 0.6) is 0 Å². The molecule has 0 saturated heterocycles. The number of rotatable bonds is 5. The van der Waals surface area contributed by atoms with E-state index >= 15 is 0 Å². The maximum atomic E-state index is 13.2. The molecule has 9 heteroatoms. The molecule has 30 heavy (non-hydrogen) atoms. The molecule has 0 unspecified atom stereocenters. The third kappa shape index (κ3) is 3.00. The molecule has 1 aromatic heterocycles. The lowest BCUT2D eigenvalue weighted by molar-refractivity contribution is -0.385. The minimum absolute atomic E-state index is 0.0862. The van der Waals surface area contributed by atoms with Gasteiger partial charge in [-0.2, -0.15) is 5.10 Å². The van der Waals surface area contributed by atoms with E-state index in [0.29, 0.717) is 28.1 Å². The zero-order chi connectivity index (χ0) is 21.4. The molecule has 2 heterocycles. The number of carbonyl (C=O) groups is 2. The first kappa shape index (κ1) is 19.3. The second kappa shape index (κ2) is 7.43. The van der Waals surface area contributed by atoms with Crippen LogP contribution in [0.1, 0.15) is 50.6 Å². The SMILES string of the molecule is CCOC(=O)c1ccc(N2C(=O)c3n[nH]c(C)c3[C@@H]2c2ccccc2[N+](=O)[O-])cc1. The van der Waals surface area contributed by atoms with Gasteiger partial charge in [0, 0.05) is 23.0 Å². The molecule has 0 radical (unpaired) electrons. The van der Waals surface area contributed by atoms with E-state index in [1.165, 1.54) is 11.0 Å². The number of hydrogen-bond acceptors (Lipinski definition) is 6. The van der Waals surface area contributed by atoms with Crippen LogP contribution in [0, 0.1) is 17.0 Å². The largest absolute Gasteiger partial charge is 0.462 e. The van der Waals surface area contributed by atoms with Gasteiger partial charge in [0.1, 0.15) is 0 Å². The number of amides is 1. The number of nitro benzene ring substituents is 1. The van der Waals surface area contributed by atoms with E-state index in [1.54, 1.807) is 56.3 Å². The van der Waals surface area contributed by atoms with Crippen molar-refractivity contribution < 1.29 is 19.2 Å². The van der Waals surface area contributed by atoms with E-state index in [0.717, 1.165) is 0 Å². The average Bonchev–Trinajstić information content (AvgIpc) is 3.26. The summed E-state index contributed by atoms with van der Waals surface area (Å²) in [6, 6.07) is 12.0. The van der Waals surface area contributed by atoms with E-state index in [1.807, 2.05) is 0 Å². The molecule has 2 aromatic carbocycles. The van der Waals surface area contributed by atoms with Gasteiger partial charge in [-0.1, -0.05) is 12.1 Å². The van der Waals surface area contributed by atoms with Crippen LogP contribution in [0.2, 0.25) is 0 Å². The van der Waals surface area contributed by atoms with Crippen LogP contribution >= 0.6 is 0 Å². The molecule has 1 N–H and O–H groups in total. The Morgan fingerprint density at radius 2 is 1.93 bits per heavy atom. The number of hydrogen-bond donors (Lipinski definition) is 1. The van der Waals surface area contributed by atoms with E-state index < -0.39 is 16.9 Å². The van der Waals surface area contributed by atoms with Gasteiger partial charge >= 0.3 is 5.97 Å². The fourth-order valence-electron chi connectivity index (χ4n) is 3.71. The molecule has 3 aromatic rings. The highest BCUT2D eigenvalue weighted by Gasteiger charge is 2.44. The predicted octanol–water partition coefficient (Wildman–Crippen LogP) is 3.55. The molecule has 0 aliphatic carbocycles. The normalized spacial score (nSPS) is 15.2. The Balaban J connectivity index is 1.84. The number of aromatic nitrogens is 2. The Bertz CT molecular complexity index is 1150. The quantitative estimate of drug-likeness (QED) is 0.393. The first-order chi connectivity index (χ1) is 14.4. The molecule has 0 fully saturated rings. The van der Waals surface area contributed by atoms with Gasteiger partial charge in [-0.15, -0.1) is 0 Å². The summed E-state index contributed by atoms with van der Waals surface area (Å²) in [4.78, 5) is 37.8. The molecule has 0 saturated carbocycles. The van der Waals surface area contributed by atoms with Gasteiger partial charge in [0.05, 0.1) is 28.7 Å². The number of esters is 1. The minimum atomic E-state index is -0.721. The Labute approximate surface area is 171 Å². The molecule has 1 amide bonds. The van der Waals surface area contributed by atoms with Crippen molar-refractivity contribution in [3.05, 3.63) is 86.7 Å². The monoisotopic (exact) mass is 406 g/mol. The number of fused-ring (bicyclic) bond motifs is 1. The number of para-hydroxylation sites is 1. The number of anilines is 1. The maximum Gasteiger partial charge on any atom is 0.338 e. The summed E-state index contributed by atoms with van der Waals surface area (Å²) in [7, 11) is 0. The van der Waals surface area contributed by atoms with Crippen LogP contribution in [-0.2, 0) is 4.74 Å². The second-order valence-corrected chi connectivity index (χ2v) is 6.77. The van der Waals surface area contributed by atoms with Crippen molar-refractivity contribution in [1.29, 1.82) is 0 Å². The topological polar surface area (TPSA) is 118 Å². The molecule has 0 bridgehead atoms. The van der Waals surface area contributed by atoms with Crippen LogP contribution in [0.15, 0.2) is 48.5 Å². The maximum absolute atomic E-state index is 13.2. The Morgan fingerprint density at radius 1 is 1.23 bits per heavy atom. The van der Waals surface area contributed by atoms with E-state index in [4.69, 9.17) is 4.74 Å². The van der Waals surface area contributed by atoms with Crippen molar-refractivity contribution in [2.75, 3.05) is 11.5 Å². The molecule has 0 spiro atoms. The molecular formula is C21H18N4O5. The third-order valence-electron chi connectivity index (χ3n) is 5.03. The Kier molecular flexibility index (Phi) is 4.78. The lowest BCUT2D eigenvalue weighted by Crippen LogP contribution is -2.29. The molecule has 1 atom stereocenters. The second-order valence-electron chi connectivity index (χ2n) is 6.77. The van der Waals surface area contributed by atoms with Crippen LogP contribution < -0.4 is 4.90 Å². The average molecular weight is 406 g/mol. The number of carbonyl (C=O) groups excluding carboxylic acids is 2. The number of H-pyrrole nitrogens is 1. The van der Waals surface area contributed by atoms with Gasteiger partial charge in [0.2, 0.25) is 0 Å². The third-order valence-corrected chi connectivity index (χ3v) is 5.03. The molecular weight excluding hydrogens is 388 g/mol. The van der Waals surface area contributed by atoms with Gasteiger partial charge in [-0.3, -0.25) is 24.9 Å². The summed E-state index contributed by atoms with van der Waals surface area (Å²) < 4.78 is 4.99. The van der Waals surface area contributed by atoms with E-state index in [9.17, 15) is 19.7 Å². The summed E-state index contributed by atoms with van der Waals surface area (Å²) in [6.07, 6.45) is 0. The highest BCUT2D eigenvalue weighted by atomic mass is 16.6. The Hall–Kier alpha value is -4.01. The fraction of sp³-hybridized carbons (Fsp3) is 0.190. The molecule has 152 valence electrons. The van der Waals surface area contributed by atoms with Crippen molar-refractivity contribution in [1.82, 2.24) is 10.2 Å². The highest BCUT2D eigenvalue weighted by Crippen LogP contribution is 2.44. The molecule has 4 rings (SSSR count). The van der Waals surface area contributed by atoms with E-state index in [-0.39, 0.29) is 23.9 Å². The molecule has 1 aliphatic rings. The smallest absolute Gasteiger partial charge is 0.338 e. The summed E-state index contributed by atoms with van der Waals surface area (Å²) in [6.45, 7) is 3.75. The Morgan fingerprint density at radius 3 is 2.60 bits per heavy atom. The number of nitro groups is 1. The van der Waals surface area contributed by atoms with Crippen molar-refractivity contribution in [3.63, 3.8) is 0 Å². The number of aryl methyl sites for hydroxylation is 1. The summed E-state index contributed by atoms with van der Waals surface area (Å²) >= 11 is 0. The highest BCUT2D eigenvalue weighted by molar-refractivity contribution is 6.11. The van der Waals surface area contributed by atoms with Gasteiger partial charge in [-0.05, 0) is 44.2 Å². The number of benzene rings is 2. The van der Waals surface area contributed by atoms with Gasteiger partial charge in [-0.25, -0.2) is 4.79 Å². The first-order valence-electron chi connectivity index (χ1n) is 9.33. The zero-order valence-electron chi connectivity index (χ0n) is 16.3. The van der Waals surface area contributed by atoms with Crippen LogP contribution in [0.4, 0.5) is 11.4 Å². The van der Waals surface area contributed by atoms with Gasteiger partial charge in [0.25, 0.3) is 11.6 Å². The first-order valence-corrected chi connectivity index (χ1v) is 9.33. The lowest BCUT2D eigenvalue weighted by atomic mass is 9.97. The van der Waals surface area contributed by atoms with E-state index in [2.05, 4.69) is 10.2 Å². The number of ether oxygens (including phenoxy) is 1. The molecule has 1 aliphatic heterocycles. The van der Waals surface area contributed by atoms with Crippen LogP contribution in [0.3, 0.4) is 0 Å². The molecule has 9 nitrogen and oxygen atoms in total. The predicted molar refractivity (Wildman–Crippen MR) is 107 cm³/mol. The zero-order valence-corrected chi connectivity index (χ0v) is 16.3.